The molecule has 0 atom stereocenters. The van der Waals surface area contributed by atoms with Crippen molar-refractivity contribution >= 4 is 34.5 Å². The van der Waals surface area contributed by atoms with E-state index >= 15 is 0 Å². The van der Waals surface area contributed by atoms with Crippen LogP contribution in [0.5, 0.6) is 0 Å². The Hall–Kier alpha value is -0.480. The molecule has 1 aromatic rings. The second-order valence-corrected chi connectivity index (χ2v) is 5.02. The third kappa shape index (κ3) is 4.18. The largest absolute Gasteiger partial charge is 0.352 e. The van der Waals surface area contributed by atoms with Gasteiger partial charge < -0.3 is 5.32 Å². The second-order valence-electron chi connectivity index (χ2n) is 3.62. The van der Waals surface area contributed by atoms with E-state index in [2.05, 4.69) is 40.8 Å². The number of rotatable bonds is 5. The molecule has 88 valence electrons. The van der Waals surface area contributed by atoms with E-state index in [1.807, 2.05) is 12.1 Å². The average molecular weight is 302 g/mol. The number of benzene rings is 1. The zero-order valence-electron chi connectivity index (χ0n) is 9.29. The minimum absolute atomic E-state index is 0.0476. The lowest BCUT2D eigenvalue weighted by atomic mass is 10.2. The molecule has 0 aliphatic heterocycles. The third-order valence-electron chi connectivity index (χ3n) is 2.27. The molecule has 4 heteroatoms. The van der Waals surface area contributed by atoms with Crippen molar-refractivity contribution in [2.75, 3.05) is 6.54 Å². The van der Waals surface area contributed by atoms with Gasteiger partial charge in [0.15, 0.2) is 0 Å². The molecule has 1 rings (SSSR count). The smallest absolute Gasteiger partial charge is 0.252 e. The van der Waals surface area contributed by atoms with Crippen LogP contribution in [-0.2, 0) is 0 Å². The maximum atomic E-state index is 11.8. The molecule has 0 aliphatic carbocycles. The van der Waals surface area contributed by atoms with Gasteiger partial charge in [-0.1, -0.05) is 35.7 Å². The van der Waals surface area contributed by atoms with E-state index in [0.29, 0.717) is 10.5 Å². The van der Waals surface area contributed by atoms with Crippen LogP contribution in [0.25, 0.3) is 0 Å². The van der Waals surface area contributed by atoms with E-state index < -0.39 is 0 Å². The van der Waals surface area contributed by atoms with Crippen molar-refractivity contribution in [2.24, 2.45) is 0 Å². The van der Waals surface area contributed by atoms with Crippen molar-refractivity contribution in [3.05, 3.63) is 28.2 Å². The first-order valence-electron chi connectivity index (χ1n) is 5.42. The predicted octanol–water partition coefficient (Wildman–Crippen LogP) is 3.66. The lowest BCUT2D eigenvalue weighted by Gasteiger charge is -2.07. The highest BCUT2D eigenvalue weighted by Crippen LogP contribution is 2.19. The van der Waals surface area contributed by atoms with E-state index in [4.69, 9.17) is 0 Å². The van der Waals surface area contributed by atoms with Crippen molar-refractivity contribution in [2.45, 2.75) is 31.1 Å². The molecule has 0 bridgehead atoms. The Morgan fingerprint density at radius 1 is 1.44 bits per heavy atom. The molecule has 0 saturated heterocycles. The van der Waals surface area contributed by atoms with E-state index in [1.165, 1.54) is 0 Å². The SMILES string of the molecule is CCCCCNC(=O)c1ccc(Br)cc1S. The molecule has 0 heterocycles. The number of amides is 1. The fourth-order valence-corrected chi connectivity index (χ4v) is 2.22. The first-order chi connectivity index (χ1) is 7.65. The van der Waals surface area contributed by atoms with Gasteiger partial charge in [0.25, 0.3) is 5.91 Å². The number of nitrogens with one attached hydrogen (secondary N) is 1. The minimum Gasteiger partial charge on any atom is -0.352 e. The summed E-state index contributed by atoms with van der Waals surface area (Å²) in [6.45, 7) is 2.87. The van der Waals surface area contributed by atoms with Crippen molar-refractivity contribution < 1.29 is 4.79 Å². The fourth-order valence-electron chi connectivity index (χ4n) is 1.37. The van der Waals surface area contributed by atoms with Crippen LogP contribution in [0.4, 0.5) is 0 Å². The molecule has 0 radical (unpaired) electrons. The molecule has 2 nitrogen and oxygen atoms in total. The van der Waals surface area contributed by atoms with Crippen LogP contribution in [0.3, 0.4) is 0 Å². The molecule has 0 aromatic heterocycles. The summed E-state index contributed by atoms with van der Waals surface area (Å²) in [6, 6.07) is 5.45. The summed E-state index contributed by atoms with van der Waals surface area (Å²) in [5, 5.41) is 2.89. The van der Waals surface area contributed by atoms with E-state index in [9.17, 15) is 4.79 Å². The zero-order valence-corrected chi connectivity index (χ0v) is 11.8. The van der Waals surface area contributed by atoms with Crippen LogP contribution in [0, 0.1) is 0 Å². The van der Waals surface area contributed by atoms with Gasteiger partial charge in [-0.3, -0.25) is 4.79 Å². The minimum atomic E-state index is -0.0476. The van der Waals surface area contributed by atoms with Crippen LogP contribution in [0.2, 0.25) is 0 Å². The quantitative estimate of drug-likeness (QED) is 0.631. The van der Waals surface area contributed by atoms with Gasteiger partial charge in [-0.2, -0.15) is 0 Å². The Kier molecular flexibility index (Phi) is 5.91. The van der Waals surface area contributed by atoms with Gasteiger partial charge in [-0.25, -0.2) is 0 Å². The lowest BCUT2D eigenvalue weighted by molar-refractivity contribution is 0.0950. The molecule has 16 heavy (non-hydrogen) atoms. The summed E-state index contributed by atoms with van der Waals surface area (Å²) < 4.78 is 0.931. The molecule has 0 spiro atoms. The van der Waals surface area contributed by atoms with Gasteiger partial charge in [0.05, 0.1) is 5.56 Å². The molecular weight excluding hydrogens is 286 g/mol. The molecule has 1 aromatic carbocycles. The lowest BCUT2D eigenvalue weighted by Crippen LogP contribution is -2.24. The maximum Gasteiger partial charge on any atom is 0.252 e. The zero-order chi connectivity index (χ0) is 12.0. The number of carbonyl (C=O) groups excluding carboxylic acids is 1. The number of carbonyl (C=O) groups is 1. The standard InChI is InChI=1S/C12H16BrNOS/c1-2-3-4-7-14-12(15)10-6-5-9(13)8-11(10)16/h5-6,8,16H,2-4,7H2,1H3,(H,14,15). The van der Waals surface area contributed by atoms with Gasteiger partial charge >= 0.3 is 0 Å². The summed E-state index contributed by atoms with van der Waals surface area (Å²) in [6.07, 6.45) is 3.33. The topological polar surface area (TPSA) is 29.1 Å². The molecule has 0 aliphatic rings. The van der Waals surface area contributed by atoms with Crippen molar-refractivity contribution in [3.63, 3.8) is 0 Å². The summed E-state index contributed by atoms with van der Waals surface area (Å²) >= 11 is 7.62. The Labute approximate surface area is 110 Å². The molecule has 0 unspecified atom stereocenters. The number of hydrogen-bond donors (Lipinski definition) is 2. The highest BCUT2D eigenvalue weighted by Gasteiger charge is 2.08. The fraction of sp³-hybridized carbons (Fsp3) is 0.417. The molecule has 0 saturated carbocycles. The van der Waals surface area contributed by atoms with Gasteiger partial charge in [-0.05, 0) is 24.6 Å². The van der Waals surface area contributed by atoms with Crippen LogP contribution < -0.4 is 5.32 Å². The molecule has 0 fully saturated rings. The first kappa shape index (κ1) is 13.6. The van der Waals surface area contributed by atoms with E-state index in [0.717, 1.165) is 30.3 Å². The van der Waals surface area contributed by atoms with Gasteiger partial charge in [0, 0.05) is 15.9 Å². The first-order valence-corrected chi connectivity index (χ1v) is 6.66. The monoisotopic (exact) mass is 301 g/mol. The highest BCUT2D eigenvalue weighted by atomic mass is 79.9. The Bertz CT molecular complexity index is 368. The Morgan fingerprint density at radius 2 is 2.19 bits per heavy atom. The van der Waals surface area contributed by atoms with Gasteiger partial charge in [-0.15, -0.1) is 12.6 Å². The number of unbranched alkanes of at least 4 members (excludes halogenated alkanes) is 2. The highest BCUT2D eigenvalue weighted by molar-refractivity contribution is 9.10. The van der Waals surface area contributed by atoms with Crippen LogP contribution >= 0.6 is 28.6 Å². The normalized spacial score (nSPS) is 10.2. The summed E-state index contributed by atoms with van der Waals surface area (Å²) in [5.74, 6) is -0.0476. The number of thiol groups is 1. The molecule has 1 N–H and O–H groups in total. The van der Waals surface area contributed by atoms with Crippen LogP contribution in [0.15, 0.2) is 27.6 Å². The summed E-state index contributed by atoms with van der Waals surface area (Å²) in [7, 11) is 0. The van der Waals surface area contributed by atoms with E-state index in [-0.39, 0.29) is 5.91 Å². The van der Waals surface area contributed by atoms with E-state index in [1.54, 1.807) is 6.07 Å². The molecule has 1 amide bonds. The number of hydrogen-bond acceptors (Lipinski definition) is 2. The van der Waals surface area contributed by atoms with Crippen molar-refractivity contribution in [1.29, 1.82) is 0 Å². The van der Waals surface area contributed by atoms with Crippen molar-refractivity contribution in [1.82, 2.24) is 5.32 Å². The summed E-state index contributed by atoms with van der Waals surface area (Å²) in [4.78, 5) is 12.5. The van der Waals surface area contributed by atoms with Gasteiger partial charge in [0.2, 0.25) is 0 Å². The second kappa shape index (κ2) is 6.97. The van der Waals surface area contributed by atoms with Crippen LogP contribution in [-0.4, -0.2) is 12.5 Å². The Morgan fingerprint density at radius 3 is 2.81 bits per heavy atom. The predicted molar refractivity (Wildman–Crippen MR) is 73.3 cm³/mol. The van der Waals surface area contributed by atoms with Crippen LogP contribution in [0.1, 0.15) is 36.5 Å². The molecular formula is C12H16BrNOS. The Balaban J connectivity index is 2.53. The van der Waals surface area contributed by atoms with Crippen molar-refractivity contribution in [3.8, 4) is 0 Å². The third-order valence-corrected chi connectivity index (χ3v) is 3.13. The van der Waals surface area contributed by atoms with Gasteiger partial charge in [0.1, 0.15) is 0 Å². The number of halogens is 1. The summed E-state index contributed by atoms with van der Waals surface area (Å²) in [5.41, 5.74) is 0.628. The maximum absolute atomic E-state index is 11.8. The average Bonchev–Trinajstić information content (AvgIpc) is 2.24.